The van der Waals surface area contributed by atoms with E-state index in [4.69, 9.17) is 4.74 Å². The highest BCUT2D eigenvalue weighted by molar-refractivity contribution is 5.98. The summed E-state index contributed by atoms with van der Waals surface area (Å²) in [5.41, 5.74) is 4.68. The van der Waals surface area contributed by atoms with Crippen molar-refractivity contribution in [2.24, 2.45) is 11.8 Å². The summed E-state index contributed by atoms with van der Waals surface area (Å²) in [6.07, 6.45) is 5.51. The molecule has 2 aromatic carbocycles. The Balaban J connectivity index is 1.58. The molecule has 0 spiro atoms. The van der Waals surface area contributed by atoms with Crippen molar-refractivity contribution in [3.63, 3.8) is 0 Å². The highest BCUT2D eigenvalue weighted by Crippen LogP contribution is 2.44. The molecule has 176 valence electrons. The number of nitrogens with zero attached hydrogens (tertiary/aromatic N) is 2. The normalized spacial score (nSPS) is 21.2. The Morgan fingerprint density at radius 1 is 1.15 bits per heavy atom. The Bertz CT molecular complexity index is 1400. The summed E-state index contributed by atoms with van der Waals surface area (Å²) in [7, 11) is 0. The smallest absolute Gasteiger partial charge is 0.306 e. The predicted octanol–water partition coefficient (Wildman–Crippen LogP) is 5.33. The molecule has 2 aliphatic rings. The number of halogens is 2. The fourth-order valence-electron chi connectivity index (χ4n) is 5.72. The van der Waals surface area contributed by atoms with Gasteiger partial charge in [0.2, 0.25) is 0 Å². The van der Waals surface area contributed by atoms with Crippen molar-refractivity contribution in [1.82, 2.24) is 14.8 Å². The molecule has 34 heavy (non-hydrogen) atoms. The Kier molecular flexibility index (Phi) is 5.13. The van der Waals surface area contributed by atoms with Gasteiger partial charge in [0.25, 0.3) is 0 Å². The van der Waals surface area contributed by atoms with Crippen LogP contribution in [0.4, 0.5) is 8.78 Å². The molecule has 0 amide bonds. The summed E-state index contributed by atoms with van der Waals surface area (Å²) >= 11 is 0. The minimum atomic E-state index is -0.883. The lowest BCUT2D eigenvalue weighted by Crippen LogP contribution is -2.31. The van der Waals surface area contributed by atoms with E-state index in [1.807, 2.05) is 6.07 Å². The van der Waals surface area contributed by atoms with Gasteiger partial charge in [-0.2, -0.15) is 5.10 Å². The first-order valence-corrected chi connectivity index (χ1v) is 11.8. The molecule has 3 heterocycles. The van der Waals surface area contributed by atoms with Crippen LogP contribution >= 0.6 is 0 Å². The van der Waals surface area contributed by atoms with Gasteiger partial charge in [-0.05, 0) is 67.9 Å². The Hall–Kier alpha value is -3.26. The molecule has 2 N–H and O–H groups in total. The summed E-state index contributed by atoms with van der Waals surface area (Å²) in [4.78, 5) is 11.4. The molecule has 2 aromatic heterocycles. The second-order valence-corrected chi connectivity index (χ2v) is 9.59. The summed E-state index contributed by atoms with van der Waals surface area (Å²) < 4.78 is 35.9. The topological polar surface area (TPSA) is 80.1 Å². The highest BCUT2D eigenvalue weighted by Gasteiger charge is 2.36. The zero-order valence-electron chi connectivity index (χ0n) is 18.6. The molecule has 0 bridgehead atoms. The minimum absolute atomic E-state index is 0.205. The van der Waals surface area contributed by atoms with Crippen LogP contribution in [-0.4, -0.2) is 39.1 Å². The maximum Gasteiger partial charge on any atom is 0.306 e. The summed E-state index contributed by atoms with van der Waals surface area (Å²) in [5, 5.41) is 18.5. The van der Waals surface area contributed by atoms with Gasteiger partial charge in [-0.3, -0.25) is 9.89 Å². The van der Waals surface area contributed by atoms with Gasteiger partial charge in [0.1, 0.15) is 0 Å². The molecule has 8 heteroatoms. The van der Waals surface area contributed by atoms with Gasteiger partial charge >= 0.3 is 5.97 Å². The monoisotopic (exact) mass is 465 g/mol. The third-order valence-corrected chi connectivity index (χ3v) is 7.52. The van der Waals surface area contributed by atoms with E-state index in [-0.39, 0.29) is 17.8 Å². The molecule has 4 aromatic rings. The van der Waals surface area contributed by atoms with Crippen LogP contribution in [0.15, 0.2) is 36.5 Å². The van der Waals surface area contributed by atoms with Gasteiger partial charge in [-0.25, -0.2) is 8.78 Å². The van der Waals surface area contributed by atoms with E-state index in [2.05, 4.69) is 20.8 Å². The number of aromatic nitrogens is 3. The SMILES string of the molecule is O=C(O)C1CC(Cc2c(C3CCOCC3)n(-c3ccc(F)c(F)c3)c3cc4cn[nH]c4cc23)C1. The molecule has 0 radical (unpaired) electrons. The van der Waals surface area contributed by atoms with Crippen molar-refractivity contribution in [3.05, 3.63) is 59.4 Å². The van der Waals surface area contributed by atoms with Gasteiger partial charge in [0.15, 0.2) is 11.6 Å². The van der Waals surface area contributed by atoms with Crippen molar-refractivity contribution in [2.75, 3.05) is 13.2 Å². The Labute approximate surface area is 194 Å². The van der Waals surface area contributed by atoms with Gasteiger partial charge in [0.05, 0.1) is 23.1 Å². The van der Waals surface area contributed by atoms with Crippen molar-refractivity contribution >= 4 is 27.8 Å². The standard InChI is InChI=1S/C26H25F2N3O3/c27-21-2-1-18(11-22(21)28)31-24-10-17-13-29-30-23(17)12-19(24)20(9-14-7-16(8-14)26(32)33)25(31)15-3-5-34-6-4-15/h1-2,10-16H,3-9H2,(H,29,30)(H,32,33). The zero-order chi connectivity index (χ0) is 23.4. The lowest BCUT2D eigenvalue weighted by molar-refractivity contribution is -0.146. The zero-order valence-corrected chi connectivity index (χ0v) is 18.6. The van der Waals surface area contributed by atoms with Gasteiger partial charge in [-0.1, -0.05) is 0 Å². The van der Waals surface area contributed by atoms with Crippen molar-refractivity contribution in [3.8, 4) is 5.69 Å². The number of carboxylic acids is 1. The number of aliphatic carboxylic acids is 1. The van der Waals surface area contributed by atoms with Gasteiger partial charge in [-0.15, -0.1) is 0 Å². The molecular weight excluding hydrogens is 440 g/mol. The van der Waals surface area contributed by atoms with E-state index in [1.165, 1.54) is 12.1 Å². The number of benzene rings is 2. The number of fused-ring (bicyclic) bond motifs is 2. The largest absolute Gasteiger partial charge is 0.481 e. The lowest BCUT2D eigenvalue weighted by Gasteiger charge is -2.33. The fraction of sp³-hybridized carbons (Fsp3) is 0.385. The van der Waals surface area contributed by atoms with Crippen molar-refractivity contribution in [1.29, 1.82) is 0 Å². The maximum atomic E-state index is 14.4. The van der Waals surface area contributed by atoms with Crippen LogP contribution < -0.4 is 0 Å². The maximum absolute atomic E-state index is 14.4. The van der Waals surface area contributed by atoms with E-state index >= 15 is 0 Å². The van der Waals surface area contributed by atoms with E-state index in [0.29, 0.717) is 31.7 Å². The average molecular weight is 466 g/mol. The highest BCUT2D eigenvalue weighted by atomic mass is 19.2. The van der Waals surface area contributed by atoms with Crippen molar-refractivity contribution < 1.29 is 23.4 Å². The number of nitrogens with one attached hydrogen (secondary N) is 1. The molecule has 1 aliphatic heterocycles. The molecule has 0 atom stereocenters. The number of aromatic amines is 1. The number of carbonyl (C=O) groups is 1. The fourth-order valence-corrected chi connectivity index (χ4v) is 5.72. The number of hydrogen-bond donors (Lipinski definition) is 2. The van der Waals surface area contributed by atoms with E-state index in [0.717, 1.165) is 52.3 Å². The van der Waals surface area contributed by atoms with E-state index < -0.39 is 17.6 Å². The number of carboxylic acid groups (broad SMARTS) is 1. The number of hydrogen-bond acceptors (Lipinski definition) is 3. The number of H-pyrrole nitrogens is 1. The van der Waals surface area contributed by atoms with Crippen LogP contribution in [-0.2, 0) is 16.0 Å². The molecule has 6 nitrogen and oxygen atoms in total. The lowest BCUT2D eigenvalue weighted by atomic mass is 9.71. The molecule has 1 aliphatic carbocycles. The molecule has 0 unspecified atom stereocenters. The van der Waals surface area contributed by atoms with Gasteiger partial charge in [0, 0.05) is 47.4 Å². The van der Waals surface area contributed by atoms with Crippen LogP contribution in [0, 0.1) is 23.5 Å². The Morgan fingerprint density at radius 3 is 2.68 bits per heavy atom. The first kappa shape index (κ1) is 21.3. The van der Waals surface area contributed by atoms with Crippen LogP contribution in [0.25, 0.3) is 27.5 Å². The first-order chi connectivity index (χ1) is 16.5. The summed E-state index contributed by atoms with van der Waals surface area (Å²) in [5.74, 6) is -2.29. The molecule has 1 saturated carbocycles. The van der Waals surface area contributed by atoms with Crippen LogP contribution in [0.5, 0.6) is 0 Å². The Morgan fingerprint density at radius 2 is 1.94 bits per heavy atom. The summed E-state index contributed by atoms with van der Waals surface area (Å²) in [6.45, 7) is 1.30. The molecule has 1 saturated heterocycles. The van der Waals surface area contributed by atoms with Gasteiger partial charge < -0.3 is 14.4 Å². The first-order valence-electron chi connectivity index (χ1n) is 11.8. The second-order valence-electron chi connectivity index (χ2n) is 9.59. The number of ether oxygens (including phenoxy) is 1. The van der Waals surface area contributed by atoms with Crippen LogP contribution in [0.3, 0.4) is 0 Å². The average Bonchev–Trinajstić information content (AvgIpc) is 3.38. The van der Waals surface area contributed by atoms with Crippen molar-refractivity contribution in [2.45, 2.75) is 38.0 Å². The summed E-state index contributed by atoms with van der Waals surface area (Å²) in [6, 6.07) is 8.17. The molecule has 6 rings (SSSR count). The van der Waals surface area contributed by atoms with Crippen LogP contribution in [0.2, 0.25) is 0 Å². The molecular formula is C26H25F2N3O3. The third kappa shape index (κ3) is 3.48. The molecule has 2 fully saturated rings. The van der Waals surface area contributed by atoms with E-state index in [1.54, 1.807) is 12.3 Å². The second kappa shape index (κ2) is 8.20. The third-order valence-electron chi connectivity index (χ3n) is 7.52. The van der Waals surface area contributed by atoms with E-state index in [9.17, 15) is 18.7 Å². The number of rotatable bonds is 5. The predicted molar refractivity (Wildman–Crippen MR) is 123 cm³/mol. The quantitative estimate of drug-likeness (QED) is 0.417. The minimum Gasteiger partial charge on any atom is -0.481 e. The van der Waals surface area contributed by atoms with Crippen LogP contribution in [0.1, 0.15) is 42.9 Å².